The zero-order valence-electron chi connectivity index (χ0n) is 17.4. The summed E-state index contributed by atoms with van der Waals surface area (Å²) in [6, 6.07) is 7.34. The maximum atomic E-state index is 12.5. The van der Waals surface area contributed by atoms with Crippen molar-refractivity contribution in [3.05, 3.63) is 35.9 Å². The first kappa shape index (κ1) is 23.6. The molecule has 0 spiro atoms. The van der Waals surface area contributed by atoms with Gasteiger partial charge in [0, 0.05) is 0 Å². The number of hydrogen-bond donors (Lipinski definition) is 2. The number of benzene rings is 1. The standard InChI is InChI=1S/C21H32N2O5/c1-14(2)11-17(20(26)27-13-15-9-7-6-8-10-15)23-19(25)16(22)12-18(24)28-21(3,4)5/h6-10,14,16-17H,11-13,22H2,1-5H3,(H,23,25)/t16-,17?/m0/s1. The first-order valence-electron chi connectivity index (χ1n) is 9.46. The van der Waals surface area contributed by atoms with Gasteiger partial charge in [-0.2, -0.15) is 0 Å². The molecule has 2 atom stereocenters. The zero-order chi connectivity index (χ0) is 21.3. The fraction of sp³-hybridized carbons (Fsp3) is 0.571. The van der Waals surface area contributed by atoms with E-state index in [1.54, 1.807) is 20.8 Å². The molecule has 0 aliphatic carbocycles. The average Bonchev–Trinajstić information content (AvgIpc) is 2.57. The third kappa shape index (κ3) is 9.50. The summed E-state index contributed by atoms with van der Waals surface area (Å²) in [5.74, 6) is -1.54. The summed E-state index contributed by atoms with van der Waals surface area (Å²) in [6.07, 6.45) is 0.134. The molecule has 1 rings (SSSR count). The predicted octanol–water partition coefficient (Wildman–Crippen LogP) is 2.32. The largest absolute Gasteiger partial charge is 0.460 e. The highest BCUT2D eigenvalue weighted by molar-refractivity contribution is 5.90. The molecule has 0 aliphatic heterocycles. The van der Waals surface area contributed by atoms with E-state index in [9.17, 15) is 14.4 Å². The number of nitrogens with one attached hydrogen (secondary N) is 1. The minimum Gasteiger partial charge on any atom is -0.460 e. The molecule has 0 bridgehead atoms. The van der Waals surface area contributed by atoms with Gasteiger partial charge in [-0.25, -0.2) is 4.79 Å². The minimum atomic E-state index is -1.11. The Morgan fingerprint density at radius 1 is 1.11 bits per heavy atom. The van der Waals surface area contributed by atoms with E-state index < -0.39 is 35.5 Å². The summed E-state index contributed by atoms with van der Waals surface area (Å²) in [7, 11) is 0. The maximum absolute atomic E-state index is 12.5. The number of carbonyl (C=O) groups excluding carboxylic acids is 3. The lowest BCUT2D eigenvalue weighted by atomic mass is 10.0. The van der Waals surface area contributed by atoms with Gasteiger partial charge in [-0.1, -0.05) is 44.2 Å². The Kier molecular flexibility index (Phi) is 9.12. The summed E-state index contributed by atoms with van der Waals surface area (Å²) in [5.41, 5.74) is 6.01. The SMILES string of the molecule is CC(C)CC(NC(=O)[C@@H](N)CC(=O)OC(C)(C)C)C(=O)OCc1ccccc1. The van der Waals surface area contributed by atoms with Crippen molar-refractivity contribution in [1.82, 2.24) is 5.32 Å². The zero-order valence-corrected chi connectivity index (χ0v) is 17.4. The fourth-order valence-electron chi connectivity index (χ4n) is 2.45. The number of carbonyl (C=O) groups is 3. The molecular formula is C21H32N2O5. The monoisotopic (exact) mass is 392 g/mol. The van der Waals surface area contributed by atoms with E-state index in [1.807, 2.05) is 44.2 Å². The second kappa shape index (κ2) is 10.8. The van der Waals surface area contributed by atoms with Gasteiger partial charge in [-0.05, 0) is 38.7 Å². The number of rotatable bonds is 9. The summed E-state index contributed by atoms with van der Waals surface area (Å²) >= 11 is 0. The van der Waals surface area contributed by atoms with E-state index in [1.165, 1.54) is 0 Å². The Labute approximate surface area is 167 Å². The van der Waals surface area contributed by atoms with Crippen LogP contribution in [0, 0.1) is 5.92 Å². The molecule has 1 aromatic carbocycles. The van der Waals surface area contributed by atoms with Gasteiger partial charge in [0.05, 0.1) is 12.5 Å². The van der Waals surface area contributed by atoms with Gasteiger partial charge >= 0.3 is 11.9 Å². The van der Waals surface area contributed by atoms with Gasteiger partial charge in [0.25, 0.3) is 0 Å². The highest BCUT2D eigenvalue weighted by atomic mass is 16.6. The Morgan fingerprint density at radius 2 is 1.71 bits per heavy atom. The summed E-state index contributed by atoms with van der Waals surface area (Å²) in [6.45, 7) is 9.19. The molecule has 28 heavy (non-hydrogen) atoms. The van der Waals surface area contributed by atoms with E-state index in [0.717, 1.165) is 5.56 Å². The second-order valence-electron chi connectivity index (χ2n) is 8.18. The highest BCUT2D eigenvalue weighted by Gasteiger charge is 2.28. The van der Waals surface area contributed by atoms with E-state index in [-0.39, 0.29) is 18.9 Å². The van der Waals surface area contributed by atoms with Crippen LogP contribution in [-0.4, -0.2) is 35.5 Å². The van der Waals surface area contributed by atoms with Crippen LogP contribution in [0.5, 0.6) is 0 Å². The number of hydrogen-bond acceptors (Lipinski definition) is 6. The van der Waals surface area contributed by atoms with Crippen LogP contribution in [0.2, 0.25) is 0 Å². The van der Waals surface area contributed by atoms with Crippen molar-refractivity contribution in [2.75, 3.05) is 0 Å². The van der Waals surface area contributed by atoms with Crippen molar-refractivity contribution in [3.63, 3.8) is 0 Å². The Hall–Kier alpha value is -2.41. The van der Waals surface area contributed by atoms with Crippen LogP contribution in [0.15, 0.2) is 30.3 Å². The van der Waals surface area contributed by atoms with E-state index in [0.29, 0.717) is 6.42 Å². The first-order chi connectivity index (χ1) is 13.0. The smallest absolute Gasteiger partial charge is 0.328 e. The van der Waals surface area contributed by atoms with Gasteiger partial charge in [0.1, 0.15) is 18.2 Å². The minimum absolute atomic E-state index is 0.119. The maximum Gasteiger partial charge on any atom is 0.328 e. The molecule has 156 valence electrons. The second-order valence-corrected chi connectivity index (χ2v) is 8.18. The number of amides is 1. The van der Waals surface area contributed by atoms with Gasteiger partial charge in [-0.15, -0.1) is 0 Å². The van der Waals surface area contributed by atoms with E-state index in [2.05, 4.69) is 5.32 Å². The van der Waals surface area contributed by atoms with Crippen LogP contribution in [0.25, 0.3) is 0 Å². The van der Waals surface area contributed by atoms with Crippen molar-refractivity contribution < 1.29 is 23.9 Å². The van der Waals surface area contributed by atoms with Crippen molar-refractivity contribution in [2.24, 2.45) is 11.7 Å². The van der Waals surface area contributed by atoms with Crippen molar-refractivity contribution in [2.45, 2.75) is 71.8 Å². The molecular weight excluding hydrogens is 360 g/mol. The van der Waals surface area contributed by atoms with Gasteiger partial charge < -0.3 is 20.5 Å². The number of ether oxygens (including phenoxy) is 2. The van der Waals surface area contributed by atoms with Crippen molar-refractivity contribution in [1.29, 1.82) is 0 Å². The van der Waals surface area contributed by atoms with Crippen LogP contribution in [-0.2, 0) is 30.5 Å². The van der Waals surface area contributed by atoms with E-state index >= 15 is 0 Å². The molecule has 1 aromatic rings. The Balaban J connectivity index is 2.64. The predicted molar refractivity (Wildman–Crippen MR) is 106 cm³/mol. The molecule has 0 heterocycles. The molecule has 0 saturated carbocycles. The van der Waals surface area contributed by atoms with Crippen LogP contribution in [0.4, 0.5) is 0 Å². The summed E-state index contributed by atoms with van der Waals surface area (Å²) in [4.78, 5) is 36.7. The third-order valence-electron chi connectivity index (χ3n) is 3.68. The molecule has 0 saturated heterocycles. The molecule has 1 amide bonds. The lowest BCUT2D eigenvalue weighted by Crippen LogP contribution is -2.50. The molecule has 3 N–H and O–H groups in total. The molecule has 7 heteroatoms. The lowest BCUT2D eigenvalue weighted by Gasteiger charge is -2.23. The quantitative estimate of drug-likeness (QED) is 0.625. The van der Waals surface area contributed by atoms with Gasteiger partial charge in [-0.3, -0.25) is 9.59 Å². The molecule has 7 nitrogen and oxygen atoms in total. The highest BCUT2D eigenvalue weighted by Crippen LogP contribution is 2.11. The first-order valence-corrected chi connectivity index (χ1v) is 9.46. The Bertz CT molecular complexity index is 653. The summed E-state index contributed by atoms with van der Waals surface area (Å²) in [5, 5.41) is 2.61. The van der Waals surface area contributed by atoms with Gasteiger partial charge in [0.15, 0.2) is 0 Å². The molecule has 0 aliphatic rings. The topological polar surface area (TPSA) is 108 Å². The number of nitrogens with two attached hydrogens (primary N) is 1. The van der Waals surface area contributed by atoms with Crippen LogP contribution < -0.4 is 11.1 Å². The van der Waals surface area contributed by atoms with Crippen LogP contribution in [0.3, 0.4) is 0 Å². The van der Waals surface area contributed by atoms with Crippen LogP contribution in [0.1, 0.15) is 53.0 Å². The van der Waals surface area contributed by atoms with E-state index in [4.69, 9.17) is 15.2 Å². The normalized spacial score (nSPS) is 13.5. The molecule has 0 aromatic heterocycles. The van der Waals surface area contributed by atoms with Crippen molar-refractivity contribution in [3.8, 4) is 0 Å². The van der Waals surface area contributed by atoms with Gasteiger partial charge in [0.2, 0.25) is 5.91 Å². The average molecular weight is 392 g/mol. The third-order valence-corrected chi connectivity index (χ3v) is 3.68. The molecule has 1 unspecified atom stereocenters. The fourth-order valence-corrected chi connectivity index (χ4v) is 2.45. The number of esters is 2. The van der Waals surface area contributed by atoms with Crippen molar-refractivity contribution >= 4 is 17.8 Å². The molecule has 0 radical (unpaired) electrons. The lowest BCUT2D eigenvalue weighted by molar-refractivity contribution is -0.156. The Morgan fingerprint density at radius 3 is 2.25 bits per heavy atom. The summed E-state index contributed by atoms with van der Waals surface area (Å²) < 4.78 is 10.5. The molecule has 0 fully saturated rings. The van der Waals surface area contributed by atoms with Crippen LogP contribution >= 0.6 is 0 Å².